The first-order valence-corrected chi connectivity index (χ1v) is 8.43. The Morgan fingerprint density at radius 2 is 1.95 bits per heavy atom. The third-order valence-corrected chi connectivity index (χ3v) is 4.47. The molecular formula is C18H28N2O2. The van der Waals surface area contributed by atoms with E-state index in [0.29, 0.717) is 6.61 Å². The normalized spacial score (nSPS) is 14.6. The van der Waals surface area contributed by atoms with Crippen molar-refractivity contribution >= 4 is 11.7 Å². The van der Waals surface area contributed by atoms with E-state index in [2.05, 4.69) is 36.4 Å². The number of carbonyl (C=O) groups excluding carboxylic acids is 1. The summed E-state index contributed by atoms with van der Waals surface area (Å²) in [5.74, 6) is -0.261. The number of fused-ring (bicyclic) bond motifs is 1. The molecule has 0 fully saturated rings. The number of aromatic nitrogens is 1. The molecule has 0 aliphatic heterocycles. The Labute approximate surface area is 133 Å². The molecule has 0 unspecified atom stereocenters. The largest absolute Gasteiger partial charge is 0.463 e. The Balaban J connectivity index is 2.45. The first-order valence-electron chi connectivity index (χ1n) is 8.43. The van der Waals surface area contributed by atoms with Crippen LogP contribution in [0, 0.1) is 0 Å². The molecule has 4 nitrogen and oxygen atoms in total. The zero-order chi connectivity index (χ0) is 16.1. The van der Waals surface area contributed by atoms with Gasteiger partial charge < -0.3 is 14.2 Å². The molecule has 0 saturated carbocycles. The highest BCUT2D eigenvalue weighted by Gasteiger charge is 2.21. The Morgan fingerprint density at radius 1 is 1.27 bits per heavy atom. The van der Waals surface area contributed by atoms with E-state index in [1.54, 1.807) is 6.08 Å². The molecule has 0 saturated heterocycles. The predicted octanol–water partition coefficient (Wildman–Crippen LogP) is 3.15. The van der Waals surface area contributed by atoms with Crippen molar-refractivity contribution in [1.29, 1.82) is 0 Å². The molecule has 22 heavy (non-hydrogen) atoms. The SMILES string of the molecule is CCOC(=O)/C=C(\c1cc2c(n1C)CCCC2)N(CC)CC. The first kappa shape index (κ1) is 16.7. The van der Waals surface area contributed by atoms with Crippen molar-refractivity contribution in [3.8, 4) is 0 Å². The molecule has 0 radical (unpaired) electrons. The van der Waals surface area contributed by atoms with Gasteiger partial charge in [0.05, 0.1) is 18.0 Å². The van der Waals surface area contributed by atoms with Crippen molar-refractivity contribution in [2.45, 2.75) is 46.5 Å². The molecule has 1 heterocycles. The molecule has 1 aliphatic rings. The lowest BCUT2D eigenvalue weighted by Gasteiger charge is -2.25. The summed E-state index contributed by atoms with van der Waals surface area (Å²) in [6, 6.07) is 2.26. The molecular weight excluding hydrogens is 276 g/mol. The van der Waals surface area contributed by atoms with Crippen LogP contribution in [0.15, 0.2) is 12.1 Å². The lowest BCUT2D eigenvalue weighted by atomic mass is 9.98. The quantitative estimate of drug-likeness (QED) is 0.598. The van der Waals surface area contributed by atoms with Gasteiger partial charge in [0, 0.05) is 31.9 Å². The third kappa shape index (κ3) is 3.37. The van der Waals surface area contributed by atoms with Gasteiger partial charge >= 0.3 is 5.97 Å². The maximum Gasteiger partial charge on any atom is 0.332 e. The minimum atomic E-state index is -0.261. The van der Waals surface area contributed by atoms with Gasteiger partial charge in [0.1, 0.15) is 0 Å². The van der Waals surface area contributed by atoms with Crippen LogP contribution in [0.1, 0.15) is 50.6 Å². The van der Waals surface area contributed by atoms with E-state index in [9.17, 15) is 4.79 Å². The average molecular weight is 304 g/mol. The van der Waals surface area contributed by atoms with Crippen LogP contribution in [0.25, 0.3) is 5.70 Å². The number of hydrogen-bond donors (Lipinski definition) is 0. The summed E-state index contributed by atoms with van der Waals surface area (Å²) in [5.41, 5.74) is 4.96. The van der Waals surface area contributed by atoms with E-state index in [1.807, 2.05) is 6.92 Å². The van der Waals surface area contributed by atoms with E-state index in [-0.39, 0.29) is 5.97 Å². The number of hydrogen-bond acceptors (Lipinski definition) is 3. The molecule has 0 bridgehead atoms. The van der Waals surface area contributed by atoms with Gasteiger partial charge in [-0.15, -0.1) is 0 Å². The van der Waals surface area contributed by atoms with Crippen LogP contribution < -0.4 is 0 Å². The van der Waals surface area contributed by atoms with E-state index >= 15 is 0 Å². The van der Waals surface area contributed by atoms with Gasteiger partial charge in [-0.1, -0.05) is 0 Å². The van der Waals surface area contributed by atoms with Gasteiger partial charge in [-0.25, -0.2) is 4.79 Å². The number of esters is 1. The van der Waals surface area contributed by atoms with Crippen LogP contribution in [0.4, 0.5) is 0 Å². The van der Waals surface area contributed by atoms with E-state index in [1.165, 1.54) is 24.1 Å². The molecule has 1 aromatic heterocycles. The van der Waals surface area contributed by atoms with E-state index in [0.717, 1.165) is 37.3 Å². The Kier molecular flexibility index (Phi) is 5.69. The van der Waals surface area contributed by atoms with Crippen LogP contribution in [0.2, 0.25) is 0 Å². The molecule has 2 rings (SSSR count). The minimum absolute atomic E-state index is 0.261. The first-order chi connectivity index (χ1) is 10.6. The smallest absolute Gasteiger partial charge is 0.332 e. The molecule has 0 aromatic carbocycles. The van der Waals surface area contributed by atoms with Crippen LogP contribution in [-0.4, -0.2) is 35.1 Å². The number of ether oxygens (including phenoxy) is 1. The monoisotopic (exact) mass is 304 g/mol. The highest BCUT2D eigenvalue weighted by atomic mass is 16.5. The zero-order valence-electron chi connectivity index (χ0n) is 14.3. The molecule has 1 aliphatic carbocycles. The van der Waals surface area contributed by atoms with Crippen LogP contribution in [-0.2, 0) is 29.4 Å². The predicted molar refractivity (Wildman–Crippen MR) is 89.6 cm³/mol. The molecule has 0 amide bonds. The van der Waals surface area contributed by atoms with Crippen molar-refractivity contribution in [3.05, 3.63) is 29.1 Å². The summed E-state index contributed by atoms with van der Waals surface area (Å²) >= 11 is 0. The Morgan fingerprint density at radius 3 is 2.55 bits per heavy atom. The third-order valence-electron chi connectivity index (χ3n) is 4.47. The number of aryl methyl sites for hydroxylation is 1. The second kappa shape index (κ2) is 7.52. The van der Waals surface area contributed by atoms with E-state index in [4.69, 9.17) is 4.74 Å². The van der Waals surface area contributed by atoms with Crippen molar-refractivity contribution in [3.63, 3.8) is 0 Å². The van der Waals surface area contributed by atoms with Gasteiger partial charge in [-0.05, 0) is 58.1 Å². The second-order valence-electron chi connectivity index (χ2n) is 5.72. The van der Waals surface area contributed by atoms with Gasteiger partial charge in [0.25, 0.3) is 0 Å². The van der Waals surface area contributed by atoms with Gasteiger partial charge in [0.15, 0.2) is 0 Å². The maximum absolute atomic E-state index is 12.0. The zero-order valence-corrected chi connectivity index (χ0v) is 14.3. The fourth-order valence-corrected chi connectivity index (χ4v) is 3.29. The molecule has 0 spiro atoms. The molecule has 4 heteroatoms. The van der Waals surface area contributed by atoms with Crippen molar-refractivity contribution in [2.24, 2.45) is 7.05 Å². The summed E-state index contributed by atoms with van der Waals surface area (Å²) in [6.45, 7) is 8.22. The average Bonchev–Trinajstić information content (AvgIpc) is 2.85. The molecule has 0 atom stereocenters. The lowest BCUT2D eigenvalue weighted by molar-refractivity contribution is -0.137. The van der Waals surface area contributed by atoms with Gasteiger partial charge in [0.2, 0.25) is 0 Å². The standard InChI is InChI=1S/C18H28N2O2/c1-5-20(6-2)17(13-18(21)22-7-3)16-12-14-10-8-9-11-15(14)19(16)4/h12-13H,5-11H2,1-4H3/b17-13+. The molecule has 122 valence electrons. The van der Waals surface area contributed by atoms with Crippen LogP contribution in [0.3, 0.4) is 0 Å². The van der Waals surface area contributed by atoms with Crippen LogP contribution in [0.5, 0.6) is 0 Å². The highest BCUT2D eigenvalue weighted by Crippen LogP contribution is 2.29. The minimum Gasteiger partial charge on any atom is -0.463 e. The fraction of sp³-hybridized carbons (Fsp3) is 0.611. The van der Waals surface area contributed by atoms with Crippen LogP contribution >= 0.6 is 0 Å². The fourth-order valence-electron chi connectivity index (χ4n) is 3.29. The van der Waals surface area contributed by atoms with Gasteiger partial charge in [-0.2, -0.15) is 0 Å². The second-order valence-corrected chi connectivity index (χ2v) is 5.72. The molecule has 1 aromatic rings. The van der Waals surface area contributed by atoms with Gasteiger partial charge in [-0.3, -0.25) is 0 Å². The van der Waals surface area contributed by atoms with Crippen molar-refractivity contribution in [1.82, 2.24) is 9.47 Å². The topological polar surface area (TPSA) is 34.5 Å². The number of carbonyl (C=O) groups is 1. The molecule has 0 N–H and O–H groups in total. The van der Waals surface area contributed by atoms with E-state index < -0.39 is 0 Å². The Bertz CT molecular complexity index is 554. The Hall–Kier alpha value is -1.71. The summed E-state index contributed by atoms with van der Waals surface area (Å²) in [4.78, 5) is 14.2. The lowest BCUT2D eigenvalue weighted by Crippen LogP contribution is -2.24. The maximum atomic E-state index is 12.0. The summed E-state index contributed by atoms with van der Waals surface area (Å²) in [7, 11) is 2.11. The summed E-state index contributed by atoms with van der Waals surface area (Å²) < 4.78 is 7.39. The number of nitrogens with zero attached hydrogens (tertiary/aromatic N) is 2. The summed E-state index contributed by atoms with van der Waals surface area (Å²) in [6.07, 6.45) is 6.45. The highest BCUT2D eigenvalue weighted by molar-refractivity contribution is 5.90. The summed E-state index contributed by atoms with van der Waals surface area (Å²) in [5, 5.41) is 0. The van der Waals surface area contributed by atoms with Crippen molar-refractivity contribution < 1.29 is 9.53 Å². The number of rotatable bonds is 6. The van der Waals surface area contributed by atoms with Crippen molar-refractivity contribution in [2.75, 3.05) is 19.7 Å².